The Morgan fingerprint density at radius 1 is 0.784 bits per heavy atom. The van der Waals surface area contributed by atoms with Gasteiger partial charge in [0.25, 0.3) is 11.8 Å². The number of halogens is 3. The maximum absolute atomic E-state index is 14.5. The van der Waals surface area contributed by atoms with Gasteiger partial charge in [-0.05, 0) is 85.5 Å². The molecule has 2 heterocycles. The molecular weight excluding hydrogens is 696 g/mol. The zero-order valence-corrected chi connectivity index (χ0v) is 28.6. The summed E-state index contributed by atoms with van der Waals surface area (Å²) in [5.41, 5.74) is 2.77. The van der Waals surface area contributed by atoms with Crippen LogP contribution in [0.15, 0.2) is 109 Å². The Bertz CT molecular complexity index is 2150. The Hall–Kier alpha value is -5.19. The Morgan fingerprint density at radius 2 is 1.43 bits per heavy atom. The zero-order chi connectivity index (χ0) is 35.8. The molecule has 0 radical (unpaired) electrons. The molecule has 8 rings (SSSR count). The minimum absolute atomic E-state index is 0.0628. The second-order valence-electron chi connectivity index (χ2n) is 13.2. The van der Waals surface area contributed by atoms with Gasteiger partial charge in [-0.2, -0.15) is 0 Å². The van der Waals surface area contributed by atoms with Gasteiger partial charge in [-0.25, -0.2) is 9.29 Å². The van der Waals surface area contributed by atoms with Crippen LogP contribution in [0.3, 0.4) is 0 Å². The number of carbonyl (C=O) groups excluding carboxylic acids is 4. The predicted molar refractivity (Wildman–Crippen MR) is 190 cm³/mol. The van der Waals surface area contributed by atoms with Gasteiger partial charge in [0.05, 0.1) is 30.3 Å². The lowest BCUT2D eigenvalue weighted by molar-refractivity contribution is -0.125. The zero-order valence-electron chi connectivity index (χ0n) is 27.1. The van der Waals surface area contributed by atoms with Gasteiger partial charge in [-0.3, -0.25) is 24.1 Å². The third-order valence-corrected chi connectivity index (χ3v) is 12.1. The van der Waals surface area contributed by atoms with Crippen molar-refractivity contribution in [3.8, 4) is 11.5 Å². The van der Waals surface area contributed by atoms with Crippen molar-refractivity contribution in [2.45, 2.75) is 28.5 Å². The number of ether oxygens (including phenoxy) is 1. The molecule has 4 amide bonds. The van der Waals surface area contributed by atoms with Gasteiger partial charge < -0.3 is 15.2 Å². The Morgan fingerprint density at radius 3 is 2.12 bits per heavy atom. The number of nitrogens with one attached hydrogen (secondary N) is 1. The van der Waals surface area contributed by atoms with Crippen molar-refractivity contribution in [2.75, 3.05) is 22.2 Å². The lowest BCUT2D eigenvalue weighted by Gasteiger charge is -2.50. The molecule has 2 aliphatic carbocycles. The number of hydrogen-bond donors (Lipinski definition) is 2. The minimum Gasteiger partial charge on any atom is -0.504 e. The van der Waals surface area contributed by atoms with E-state index in [9.17, 15) is 28.7 Å². The van der Waals surface area contributed by atoms with E-state index in [1.54, 1.807) is 42.5 Å². The first kappa shape index (κ1) is 33.0. The molecule has 6 atom stereocenters. The molecule has 4 aliphatic rings. The highest BCUT2D eigenvalue weighted by molar-refractivity contribution is 6.58. The number of methoxy groups -OCH3 is 1. The average molecular weight is 727 g/mol. The lowest BCUT2D eigenvalue weighted by Crippen LogP contribution is -2.60. The summed E-state index contributed by atoms with van der Waals surface area (Å²) in [5.74, 6) is -7.08. The maximum atomic E-state index is 14.5. The number of fused-ring (bicyclic) bond motifs is 4. The number of carbonyl (C=O) groups is 4. The molecule has 9 nitrogen and oxygen atoms in total. The molecule has 4 aromatic carbocycles. The number of nitrogens with zero attached hydrogens (tertiary/aromatic N) is 2. The number of alkyl halides is 2. The highest BCUT2D eigenvalue weighted by Gasteiger charge is 2.77. The molecule has 4 aromatic rings. The minimum atomic E-state index is -2.19. The van der Waals surface area contributed by atoms with Crippen LogP contribution in [0.4, 0.5) is 27.1 Å². The fourth-order valence-corrected chi connectivity index (χ4v) is 9.24. The van der Waals surface area contributed by atoms with E-state index in [1.807, 2.05) is 30.3 Å². The van der Waals surface area contributed by atoms with Gasteiger partial charge in [0.15, 0.2) is 21.2 Å². The number of aromatic hydroxyl groups is 1. The highest BCUT2D eigenvalue weighted by Crippen LogP contribution is 2.67. The van der Waals surface area contributed by atoms with E-state index in [0.717, 1.165) is 28.4 Å². The molecule has 0 spiro atoms. The van der Waals surface area contributed by atoms with Gasteiger partial charge in [-0.15, -0.1) is 23.2 Å². The van der Waals surface area contributed by atoms with Crippen LogP contribution in [0.2, 0.25) is 0 Å². The Labute approximate surface area is 302 Å². The van der Waals surface area contributed by atoms with E-state index in [-0.39, 0.29) is 35.6 Å². The normalized spacial score (nSPS) is 28.3. The molecule has 0 bridgehead atoms. The Balaban J connectivity index is 1.21. The maximum Gasteiger partial charge on any atom is 0.258 e. The smallest absolute Gasteiger partial charge is 0.258 e. The summed E-state index contributed by atoms with van der Waals surface area (Å²) in [5, 5.41) is 14.7. The molecule has 2 N–H and O–H groups in total. The first-order chi connectivity index (χ1) is 24.5. The molecule has 51 heavy (non-hydrogen) atoms. The van der Waals surface area contributed by atoms with Crippen molar-refractivity contribution in [1.29, 1.82) is 0 Å². The number of anilines is 4. The van der Waals surface area contributed by atoms with Gasteiger partial charge in [0.1, 0.15) is 5.82 Å². The van der Waals surface area contributed by atoms with Gasteiger partial charge in [0.2, 0.25) is 11.8 Å². The van der Waals surface area contributed by atoms with Crippen molar-refractivity contribution in [1.82, 2.24) is 0 Å². The average Bonchev–Trinajstić information content (AvgIpc) is 3.47. The van der Waals surface area contributed by atoms with E-state index in [0.29, 0.717) is 11.3 Å². The van der Waals surface area contributed by atoms with E-state index in [2.05, 4.69) is 5.32 Å². The number of allylic oxidation sites excluding steroid dienone is 2. The van der Waals surface area contributed by atoms with Gasteiger partial charge in [0, 0.05) is 22.9 Å². The molecule has 0 aromatic heterocycles. The molecular formula is C39H30Cl2FN3O6. The topological polar surface area (TPSA) is 116 Å². The Kier molecular flexibility index (Phi) is 7.73. The third-order valence-electron chi connectivity index (χ3n) is 10.6. The standard InChI is InChI=1S/C39H30Cl2FN3O6/c1-51-30-9-5-8-28(33(30)46)32-26-18-19-27-31(35(48)44(34(27)47)24-16-12-23(13-17-24)43-22-6-3-2-4-7-22)29(26)20-38(40)36(49)45(37(50)39(32,38)41)25-14-10-21(42)11-15-25/h2-18,27,29,31-32,43,46H,19-20H2,1H3/t27-,29+,31-,32+,38+,39-/m0/s1. The molecule has 258 valence electrons. The summed E-state index contributed by atoms with van der Waals surface area (Å²) in [6, 6.07) is 26.0. The summed E-state index contributed by atoms with van der Waals surface area (Å²) in [4.78, 5) is 55.1. The van der Waals surface area contributed by atoms with E-state index in [4.69, 9.17) is 27.9 Å². The molecule has 3 fully saturated rings. The molecule has 1 saturated carbocycles. The first-order valence-corrected chi connectivity index (χ1v) is 17.1. The number of amides is 4. The van der Waals surface area contributed by atoms with E-state index in [1.165, 1.54) is 30.2 Å². The first-order valence-electron chi connectivity index (χ1n) is 16.4. The number of hydrogen-bond acceptors (Lipinski definition) is 7. The van der Waals surface area contributed by atoms with Crippen molar-refractivity contribution < 1.29 is 33.4 Å². The summed E-state index contributed by atoms with van der Waals surface area (Å²) >= 11 is 14.8. The predicted octanol–water partition coefficient (Wildman–Crippen LogP) is 7.05. The largest absolute Gasteiger partial charge is 0.504 e. The van der Waals surface area contributed by atoms with Crippen molar-refractivity contribution in [3.63, 3.8) is 0 Å². The quantitative estimate of drug-likeness (QED) is 0.124. The second-order valence-corrected chi connectivity index (χ2v) is 14.4. The van der Waals surface area contributed by atoms with Gasteiger partial charge in [-0.1, -0.05) is 42.0 Å². The number of phenols is 1. The van der Waals surface area contributed by atoms with Crippen LogP contribution in [0, 0.1) is 23.6 Å². The number of imide groups is 2. The van der Waals surface area contributed by atoms with Crippen LogP contribution in [0.1, 0.15) is 24.3 Å². The van der Waals surface area contributed by atoms with Crippen LogP contribution >= 0.6 is 23.2 Å². The molecule has 2 saturated heterocycles. The lowest BCUT2D eigenvalue weighted by atomic mass is 9.56. The van der Waals surface area contributed by atoms with Crippen LogP contribution in [-0.4, -0.2) is 45.6 Å². The van der Waals surface area contributed by atoms with Crippen molar-refractivity contribution in [3.05, 3.63) is 120 Å². The summed E-state index contributed by atoms with van der Waals surface area (Å²) < 4.78 is 19.3. The SMILES string of the molecule is COc1cccc([C@H]2C3=CC[C@@H]4C(=O)N(c5ccc(Nc6ccccc6)cc5)C(=O)[C@@H]4[C@@H]3C[C@@]3(Cl)C(=O)N(c4ccc(F)cc4)C(=O)[C@@]23Cl)c1O. The summed E-state index contributed by atoms with van der Waals surface area (Å²) in [6.45, 7) is 0. The molecule has 12 heteroatoms. The highest BCUT2D eigenvalue weighted by atomic mass is 35.5. The van der Waals surface area contributed by atoms with Gasteiger partial charge >= 0.3 is 0 Å². The van der Waals surface area contributed by atoms with Crippen LogP contribution < -0.4 is 19.9 Å². The van der Waals surface area contributed by atoms with E-state index < -0.39 is 62.9 Å². The number of phenolic OH excluding ortho intramolecular Hbond substituents is 1. The summed E-state index contributed by atoms with van der Waals surface area (Å²) in [7, 11) is 1.37. The number of benzene rings is 4. The van der Waals surface area contributed by atoms with Crippen LogP contribution in [0.5, 0.6) is 11.5 Å². The monoisotopic (exact) mass is 725 g/mol. The summed E-state index contributed by atoms with van der Waals surface area (Å²) in [6.07, 6.45) is 1.69. The van der Waals surface area contributed by atoms with E-state index >= 15 is 0 Å². The molecule has 0 unspecified atom stereocenters. The van der Waals surface area contributed by atoms with Crippen LogP contribution in [-0.2, 0) is 19.2 Å². The van der Waals surface area contributed by atoms with Crippen LogP contribution in [0.25, 0.3) is 0 Å². The third kappa shape index (κ3) is 4.73. The van der Waals surface area contributed by atoms with Crippen molar-refractivity contribution in [2.24, 2.45) is 17.8 Å². The fraction of sp³-hybridized carbons (Fsp3) is 0.231. The number of rotatable bonds is 6. The fourth-order valence-electron chi connectivity index (χ4n) is 8.32. The van der Waals surface area contributed by atoms with Crippen molar-refractivity contribution >= 4 is 69.6 Å². The number of para-hydroxylation sites is 2. The second kappa shape index (κ2) is 12.0. The molecule has 2 aliphatic heterocycles.